The summed E-state index contributed by atoms with van der Waals surface area (Å²) < 4.78 is 11.1. The highest BCUT2D eigenvalue weighted by molar-refractivity contribution is 5.43. The number of methoxy groups -OCH3 is 1. The maximum atomic E-state index is 9.19. The number of aryl methyl sites for hydroxylation is 1. The van der Waals surface area contributed by atoms with Crippen LogP contribution in [0.3, 0.4) is 0 Å². The van der Waals surface area contributed by atoms with E-state index in [1.165, 1.54) is 5.56 Å². The van der Waals surface area contributed by atoms with Crippen molar-refractivity contribution in [2.75, 3.05) is 7.11 Å². The fraction of sp³-hybridized carbons (Fsp3) is 0.538. The lowest BCUT2D eigenvalue weighted by Gasteiger charge is -2.32. The van der Waals surface area contributed by atoms with Crippen molar-refractivity contribution < 1.29 is 14.6 Å². The topological polar surface area (TPSA) is 38.7 Å². The average Bonchev–Trinajstić information content (AvgIpc) is 2.27. The van der Waals surface area contributed by atoms with Crippen LogP contribution >= 0.6 is 0 Å². The van der Waals surface area contributed by atoms with Gasteiger partial charge in [0.1, 0.15) is 6.10 Å². The molecule has 1 saturated carbocycles. The Hall–Kier alpha value is -1.22. The van der Waals surface area contributed by atoms with E-state index in [0.717, 1.165) is 30.8 Å². The Labute approximate surface area is 96.0 Å². The van der Waals surface area contributed by atoms with Crippen LogP contribution in [0.4, 0.5) is 0 Å². The lowest BCUT2D eigenvalue weighted by molar-refractivity contribution is -0.0118. The molecule has 1 aromatic carbocycles. The largest absolute Gasteiger partial charge is 0.493 e. The predicted octanol–water partition coefficient (Wildman–Crippen LogP) is 2.16. The third-order valence-electron chi connectivity index (χ3n) is 3.00. The molecule has 0 unspecified atom stereocenters. The number of benzene rings is 1. The minimum atomic E-state index is -0.189. The van der Waals surface area contributed by atoms with Crippen LogP contribution in [0.5, 0.6) is 11.5 Å². The van der Waals surface area contributed by atoms with Gasteiger partial charge in [0.2, 0.25) is 0 Å². The lowest BCUT2D eigenvalue weighted by atomic mass is 9.92. The number of hydrogen-bond donors (Lipinski definition) is 1. The summed E-state index contributed by atoms with van der Waals surface area (Å²) in [5.41, 5.74) is 1.23. The summed E-state index contributed by atoms with van der Waals surface area (Å²) in [4.78, 5) is 0. The minimum absolute atomic E-state index is 0.136. The smallest absolute Gasteiger partial charge is 0.161 e. The summed E-state index contributed by atoms with van der Waals surface area (Å²) in [5, 5.41) is 9.19. The molecule has 1 aliphatic carbocycles. The van der Waals surface area contributed by atoms with Crippen LogP contribution < -0.4 is 9.47 Å². The van der Waals surface area contributed by atoms with Gasteiger partial charge in [0.15, 0.2) is 11.5 Å². The number of aliphatic hydroxyl groups is 1. The highest BCUT2D eigenvalue weighted by Crippen LogP contribution is 2.33. The third kappa shape index (κ3) is 2.30. The van der Waals surface area contributed by atoms with Crippen molar-refractivity contribution in [2.45, 2.75) is 38.4 Å². The van der Waals surface area contributed by atoms with Gasteiger partial charge in [-0.15, -0.1) is 0 Å². The summed E-state index contributed by atoms with van der Waals surface area (Å²) in [7, 11) is 1.65. The standard InChI is InChI=1S/C13H18O3/c1-3-9-4-5-12(13(6-9)15-2)16-11-7-10(14)8-11/h4-6,10-11,14H,3,7-8H2,1-2H3. The molecule has 0 atom stereocenters. The summed E-state index contributed by atoms with van der Waals surface area (Å²) >= 11 is 0. The Kier molecular flexibility index (Phi) is 3.34. The Morgan fingerprint density at radius 3 is 2.62 bits per heavy atom. The van der Waals surface area contributed by atoms with Crippen molar-refractivity contribution in [3.8, 4) is 11.5 Å². The first-order valence-corrected chi connectivity index (χ1v) is 5.74. The minimum Gasteiger partial charge on any atom is -0.493 e. The van der Waals surface area contributed by atoms with Gasteiger partial charge < -0.3 is 14.6 Å². The second-order valence-corrected chi connectivity index (χ2v) is 4.20. The summed E-state index contributed by atoms with van der Waals surface area (Å²) in [5.74, 6) is 1.55. The average molecular weight is 222 g/mol. The second-order valence-electron chi connectivity index (χ2n) is 4.20. The van der Waals surface area contributed by atoms with Crippen molar-refractivity contribution in [3.05, 3.63) is 23.8 Å². The van der Waals surface area contributed by atoms with Crippen LogP contribution in [-0.2, 0) is 6.42 Å². The van der Waals surface area contributed by atoms with Crippen molar-refractivity contribution in [3.63, 3.8) is 0 Å². The van der Waals surface area contributed by atoms with E-state index in [9.17, 15) is 5.11 Å². The quantitative estimate of drug-likeness (QED) is 0.848. The van der Waals surface area contributed by atoms with E-state index in [4.69, 9.17) is 9.47 Å². The zero-order valence-corrected chi connectivity index (χ0v) is 9.77. The first-order chi connectivity index (χ1) is 7.72. The van der Waals surface area contributed by atoms with E-state index in [-0.39, 0.29) is 12.2 Å². The van der Waals surface area contributed by atoms with E-state index in [0.29, 0.717) is 0 Å². The first-order valence-electron chi connectivity index (χ1n) is 5.74. The summed E-state index contributed by atoms with van der Waals surface area (Å²) in [6.45, 7) is 2.11. The molecule has 3 nitrogen and oxygen atoms in total. The van der Waals surface area contributed by atoms with Gasteiger partial charge in [0.05, 0.1) is 13.2 Å². The molecule has 0 bridgehead atoms. The fourth-order valence-corrected chi connectivity index (χ4v) is 1.84. The third-order valence-corrected chi connectivity index (χ3v) is 3.00. The Balaban J connectivity index is 2.07. The molecule has 88 valence electrons. The van der Waals surface area contributed by atoms with Gasteiger partial charge in [-0.05, 0) is 24.1 Å². The van der Waals surface area contributed by atoms with E-state index < -0.39 is 0 Å². The molecule has 0 heterocycles. The van der Waals surface area contributed by atoms with Crippen molar-refractivity contribution in [2.24, 2.45) is 0 Å². The summed E-state index contributed by atoms with van der Waals surface area (Å²) in [6.07, 6.45) is 2.37. The molecule has 1 aromatic rings. The predicted molar refractivity (Wildman–Crippen MR) is 62.0 cm³/mol. The van der Waals surface area contributed by atoms with E-state index in [1.807, 2.05) is 18.2 Å². The van der Waals surface area contributed by atoms with Crippen LogP contribution in [-0.4, -0.2) is 24.4 Å². The van der Waals surface area contributed by atoms with Crippen molar-refractivity contribution in [1.29, 1.82) is 0 Å². The molecule has 0 radical (unpaired) electrons. The highest BCUT2D eigenvalue weighted by Gasteiger charge is 2.29. The van der Waals surface area contributed by atoms with E-state index >= 15 is 0 Å². The van der Waals surface area contributed by atoms with Crippen molar-refractivity contribution >= 4 is 0 Å². The molecule has 0 saturated heterocycles. The van der Waals surface area contributed by atoms with Gasteiger partial charge in [-0.25, -0.2) is 0 Å². The Morgan fingerprint density at radius 1 is 1.31 bits per heavy atom. The van der Waals surface area contributed by atoms with Gasteiger partial charge in [-0.2, -0.15) is 0 Å². The molecular formula is C13H18O3. The monoisotopic (exact) mass is 222 g/mol. The fourth-order valence-electron chi connectivity index (χ4n) is 1.84. The van der Waals surface area contributed by atoms with Crippen LogP contribution in [0, 0.1) is 0 Å². The van der Waals surface area contributed by atoms with Crippen molar-refractivity contribution in [1.82, 2.24) is 0 Å². The molecule has 1 fully saturated rings. The zero-order valence-electron chi connectivity index (χ0n) is 9.77. The van der Waals surface area contributed by atoms with Crippen LogP contribution in [0.2, 0.25) is 0 Å². The molecule has 3 heteroatoms. The van der Waals surface area contributed by atoms with Crippen LogP contribution in [0.1, 0.15) is 25.3 Å². The molecule has 1 aliphatic rings. The molecule has 0 aliphatic heterocycles. The van der Waals surface area contributed by atoms with Gasteiger partial charge in [0.25, 0.3) is 0 Å². The number of aliphatic hydroxyl groups excluding tert-OH is 1. The molecular weight excluding hydrogens is 204 g/mol. The number of ether oxygens (including phenoxy) is 2. The SMILES string of the molecule is CCc1ccc(OC2CC(O)C2)c(OC)c1. The lowest BCUT2D eigenvalue weighted by Crippen LogP contribution is -2.37. The van der Waals surface area contributed by atoms with Crippen LogP contribution in [0.25, 0.3) is 0 Å². The van der Waals surface area contributed by atoms with Gasteiger partial charge in [0, 0.05) is 12.8 Å². The maximum Gasteiger partial charge on any atom is 0.161 e. The Bertz CT molecular complexity index is 356. The van der Waals surface area contributed by atoms with E-state index in [2.05, 4.69) is 6.92 Å². The maximum absolute atomic E-state index is 9.19. The van der Waals surface area contributed by atoms with Gasteiger partial charge in [-0.3, -0.25) is 0 Å². The highest BCUT2D eigenvalue weighted by atomic mass is 16.5. The molecule has 2 rings (SSSR count). The molecule has 0 spiro atoms. The normalized spacial score (nSPS) is 23.7. The number of hydrogen-bond acceptors (Lipinski definition) is 3. The second kappa shape index (κ2) is 4.74. The molecule has 0 amide bonds. The van der Waals surface area contributed by atoms with Gasteiger partial charge in [-0.1, -0.05) is 13.0 Å². The number of rotatable bonds is 4. The molecule has 16 heavy (non-hydrogen) atoms. The van der Waals surface area contributed by atoms with E-state index in [1.54, 1.807) is 7.11 Å². The first kappa shape index (κ1) is 11.3. The molecule has 1 N–H and O–H groups in total. The van der Waals surface area contributed by atoms with Crippen LogP contribution in [0.15, 0.2) is 18.2 Å². The Morgan fingerprint density at radius 2 is 2.06 bits per heavy atom. The summed E-state index contributed by atoms with van der Waals surface area (Å²) in [6, 6.07) is 6.00. The zero-order chi connectivity index (χ0) is 11.5. The molecule has 0 aromatic heterocycles. The van der Waals surface area contributed by atoms with Gasteiger partial charge >= 0.3 is 0 Å².